The predicted octanol–water partition coefficient (Wildman–Crippen LogP) is 2.77. The molecule has 0 N–H and O–H groups in total. The van der Waals surface area contributed by atoms with Crippen molar-refractivity contribution in [3.05, 3.63) is 35.5 Å². The number of hydrogen-bond acceptors (Lipinski definition) is 1. The van der Waals surface area contributed by atoms with Gasteiger partial charge >= 0.3 is 0 Å². The molecule has 0 aromatic carbocycles. The molecule has 2 aliphatic carbocycles. The van der Waals surface area contributed by atoms with Gasteiger partial charge in [-0.1, -0.05) is 35.5 Å². The molecular weight excluding hydrogens is 182 g/mol. The maximum absolute atomic E-state index is 2.49. The second kappa shape index (κ2) is 3.34. The first-order valence-corrected chi connectivity index (χ1v) is 6.01. The molecule has 1 heterocycles. The SMILES string of the molecule is CC1CC2=C(CC3C=CC=CC23)CN1C. The Hall–Kier alpha value is -0.820. The zero-order valence-corrected chi connectivity index (χ0v) is 9.61. The van der Waals surface area contributed by atoms with Crippen LogP contribution in [0.25, 0.3) is 0 Å². The Morgan fingerprint density at radius 3 is 2.87 bits per heavy atom. The van der Waals surface area contributed by atoms with E-state index < -0.39 is 0 Å². The van der Waals surface area contributed by atoms with Crippen molar-refractivity contribution >= 4 is 0 Å². The topological polar surface area (TPSA) is 3.24 Å². The molecule has 15 heavy (non-hydrogen) atoms. The largest absolute Gasteiger partial charge is 0.299 e. The molecule has 0 fully saturated rings. The van der Waals surface area contributed by atoms with Crippen LogP contribution in [0.3, 0.4) is 0 Å². The van der Waals surface area contributed by atoms with Crippen molar-refractivity contribution in [2.75, 3.05) is 13.6 Å². The normalized spacial score (nSPS) is 39.5. The third kappa shape index (κ3) is 1.41. The molecule has 1 nitrogen and oxygen atoms in total. The summed E-state index contributed by atoms with van der Waals surface area (Å²) in [4.78, 5) is 2.49. The molecule has 3 atom stereocenters. The number of allylic oxidation sites excluding steroid dienone is 4. The molecule has 0 amide bonds. The molecular formula is C14H19N. The monoisotopic (exact) mass is 201 g/mol. The van der Waals surface area contributed by atoms with Crippen LogP contribution in [0.15, 0.2) is 35.5 Å². The van der Waals surface area contributed by atoms with Crippen LogP contribution in [0.4, 0.5) is 0 Å². The third-order valence-electron chi connectivity index (χ3n) is 4.30. The van der Waals surface area contributed by atoms with E-state index in [1.54, 1.807) is 11.1 Å². The molecule has 1 heteroatoms. The van der Waals surface area contributed by atoms with E-state index in [2.05, 4.69) is 43.2 Å². The first-order chi connectivity index (χ1) is 7.25. The molecule has 3 aliphatic rings. The van der Waals surface area contributed by atoms with E-state index in [0.717, 1.165) is 17.9 Å². The fourth-order valence-electron chi connectivity index (χ4n) is 3.25. The van der Waals surface area contributed by atoms with Gasteiger partial charge in [0.05, 0.1) is 0 Å². The summed E-state index contributed by atoms with van der Waals surface area (Å²) in [5, 5.41) is 0. The Morgan fingerprint density at radius 1 is 1.20 bits per heavy atom. The Bertz CT molecular complexity index is 362. The van der Waals surface area contributed by atoms with Crippen LogP contribution in [-0.4, -0.2) is 24.5 Å². The lowest BCUT2D eigenvalue weighted by atomic mass is 9.85. The van der Waals surface area contributed by atoms with E-state index in [-0.39, 0.29) is 0 Å². The van der Waals surface area contributed by atoms with E-state index in [9.17, 15) is 0 Å². The van der Waals surface area contributed by atoms with Gasteiger partial charge in [-0.05, 0) is 32.7 Å². The first kappa shape index (κ1) is 9.41. The van der Waals surface area contributed by atoms with Crippen molar-refractivity contribution in [3.8, 4) is 0 Å². The van der Waals surface area contributed by atoms with Crippen LogP contribution < -0.4 is 0 Å². The number of hydrogen-bond donors (Lipinski definition) is 0. The summed E-state index contributed by atoms with van der Waals surface area (Å²) < 4.78 is 0. The predicted molar refractivity (Wildman–Crippen MR) is 63.6 cm³/mol. The minimum absolute atomic E-state index is 0.724. The molecule has 0 aromatic heterocycles. The molecule has 0 aromatic rings. The smallest absolute Gasteiger partial charge is 0.0195 e. The fraction of sp³-hybridized carbons (Fsp3) is 0.571. The molecule has 80 valence electrons. The van der Waals surface area contributed by atoms with Crippen LogP contribution in [0.2, 0.25) is 0 Å². The highest BCUT2D eigenvalue weighted by Crippen LogP contribution is 2.45. The van der Waals surface area contributed by atoms with Crippen molar-refractivity contribution in [1.82, 2.24) is 4.90 Å². The van der Waals surface area contributed by atoms with Gasteiger partial charge in [0, 0.05) is 18.5 Å². The molecule has 0 bridgehead atoms. The molecule has 1 aliphatic heterocycles. The quantitative estimate of drug-likeness (QED) is 0.545. The number of fused-ring (bicyclic) bond motifs is 2. The minimum Gasteiger partial charge on any atom is -0.299 e. The standard InChI is InChI=1S/C14H19N/c1-10-7-14-12(9-15(10)2)8-11-5-3-4-6-13(11)14/h3-6,10-11,13H,7-9H2,1-2H3. The Morgan fingerprint density at radius 2 is 2.00 bits per heavy atom. The van der Waals surface area contributed by atoms with Gasteiger partial charge in [0.2, 0.25) is 0 Å². The van der Waals surface area contributed by atoms with Gasteiger partial charge in [-0.25, -0.2) is 0 Å². The van der Waals surface area contributed by atoms with Crippen molar-refractivity contribution in [1.29, 1.82) is 0 Å². The molecule has 3 rings (SSSR count). The zero-order valence-electron chi connectivity index (χ0n) is 9.61. The van der Waals surface area contributed by atoms with Crippen LogP contribution in [0, 0.1) is 11.8 Å². The third-order valence-corrected chi connectivity index (χ3v) is 4.30. The van der Waals surface area contributed by atoms with Gasteiger partial charge in [0.25, 0.3) is 0 Å². The summed E-state index contributed by atoms with van der Waals surface area (Å²) in [7, 11) is 2.25. The highest BCUT2D eigenvalue weighted by atomic mass is 15.1. The molecule has 0 spiro atoms. The second-order valence-corrected chi connectivity index (χ2v) is 5.26. The Balaban J connectivity index is 1.91. The summed E-state index contributed by atoms with van der Waals surface area (Å²) in [5.41, 5.74) is 3.48. The number of likely N-dealkylation sites (N-methyl/N-ethyl adjacent to an activating group) is 1. The van der Waals surface area contributed by atoms with Crippen LogP contribution >= 0.6 is 0 Å². The number of nitrogens with zero attached hydrogens (tertiary/aromatic N) is 1. The summed E-state index contributed by atoms with van der Waals surface area (Å²) >= 11 is 0. The first-order valence-electron chi connectivity index (χ1n) is 6.01. The Kier molecular flexibility index (Phi) is 2.10. The van der Waals surface area contributed by atoms with Crippen LogP contribution in [-0.2, 0) is 0 Å². The van der Waals surface area contributed by atoms with Gasteiger partial charge in [0.15, 0.2) is 0 Å². The van der Waals surface area contributed by atoms with E-state index in [0.29, 0.717) is 0 Å². The van der Waals surface area contributed by atoms with Crippen molar-refractivity contribution in [3.63, 3.8) is 0 Å². The lowest BCUT2D eigenvalue weighted by molar-refractivity contribution is 0.258. The van der Waals surface area contributed by atoms with Crippen molar-refractivity contribution < 1.29 is 0 Å². The van der Waals surface area contributed by atoms with Gasteiger partial charge in [-0.15, -0.1) is 0 Å². The maximum atomic E-state index is 2.49. The van der Waals surface area contributed by atoms with Crippen molar-refractivity contribution in [2.45, 2.75) is 25.8 Å². The average molecular weight is 201 g/mol. The lowest BCUT2D eigenvalue weighted by Crippen LogP contribution is -2.35. The highest BCUT2D eigenvalue weighted by molar-refractivity contribution is 5.37. The molecule has 0 saturated heterocycles. The summed E-state index contributed by atoms with van der Waals surface area (Å²) in [6.07, 6.45) is 11.8. The molecule has 3 unspecified atom stereocenters. The molecule has 0 radical (unpaired) electrons. The van der Waals surface area contributed by atoms with Crippen molar-refractivity contribution in [2.24, 2.45) is 11.8 Å². The number of rotatable bonds is 0. The van der Waals surface area contributed by atoms with E-state index in [1.807, 2.05) is 0 Å². The van der Waals surface area contributed by atoms with E-state index in [4.69, 9.17) is 0 Å². The van der Waals surface area contributed by atoms with Gasteiger partial charge < -0.3 is 0 Å². The van der Waals surface area contributed by atoms with Crippen LogP contribution in [0.1, 0.15) is 19.8 Å². The summed E-state index contributed by atoms with van der Waals surface area (Å²) in [5.74, 6) is 1.51. The van der Waals surface area contributed by atoms with E-state index in [1.165, 1.54) is 19.4 Å². The average Bonchev–Trinajstić information content (AvgIpc) is 2.57. The maximum Gasteiger partial charge on any atom is 0.0195 e. The minimum atomic E-state index is 0.724. The fourth-order valence-corrected chi connectivity index (χ4v) is 3.25. The van der Waals surface area contributed by atoms with E-state index >= 15 is 0 Å². The lowest BCUT2D eigenvalue weighted by Gasteiger charge is -2.32. The molecule has 0 saturated carbocycles. The second-order valence-electron chi connectivity index (χ2n) is 5.26. The summed E-state index contributed by atoms with van der Waals surface area (Å²) in [6, 6.07) is 0.724. The highest BCUT2D eigenvalue weighted by Gasteiger charge is 2.36. The van der Waals surface area contributed by atoms with Gasteiger partial charge in [0.1, 0.15) is 0 Å². The zero-order chi connectivity index (χ0) is 10.4. The van der Waals surface area contributed by atoms with Crippen LogP contribution in [0.5, 0.6) is 0 Å². The van der Waals surface area contributed by atoms with Gasteiger partial charge in [-0.2, -0.15) is 0 Å². The summed E-state index contributed by atoms with van der Waals surface area (Å²) in [6.45, 7) is 3.55. The Labute approximate surface area is 92.2 Å². The van der Waals surface area contributed by atoms with Gasteiger partial charge in [-0.3, -0.25) is 4.90 Å².